The lowest BCUT2D eigenvalue weighted by atomic mass is 10.5. The van der Waals surface area contributed by atoms with Crippen LogP contribution >= 0.6 is 11.6 Å². The van der Waals surface area contributed by atoms with E-state index in [2.05, 4.69) is 0 Å². The molecule has 4 radical (unpaired) electrons. The molecule has 8 heavy (non-hydrogen) atoms. The number of halogens is 1. The summed E-state index contributed by atoms with van der Waals surface area (Å²) in [6, 6.07) is 0. The van der Waals surface area contributed by atoms with Crippen LogP contribution < -0.4 is 0 Å². The highest BCUT2D eigenvalue weighted by Gasteiger charge is 2.00. The molecule has 0 saturated heterocycles. The number of hydrogen-bond donors (Lipinski definition) is 0. The first-order valence-corrected chi connectivity index (χ1v) is 2.48. The first kappa shape index (κ1) is 7.76. The molecule has 0 saturated carbocycles. The molecule has 3 heteroatoms. The third-order valence-corrected chi connectivity index (χ3v) is 0.813. The van der Waals surface area contributed by atoms with Crippen LogP contribution in [0.3, 0.4) is 0 Å². The summed E-state index contributed by atoms with van der Waals surface area (Å²) in [6.07, 6.45) is 0.328. The number of carbonyl (C=O) groups excluding carboxylic acids is 1. The first-order chi connectivity index (χ1) is 3.68. The van der Waals surface area contributed by atoms with E-state index in [1.807, 2.05) is 0 Å². The van der Waals surface area contributed by atoms with Gasteiger partial charge in [0.25, 0.3) is 0 Å². The zero-order valence-corrected chi connectivity index (χ0v) is 5.06. The first-order valence-electron chi connectivity index (χ1n) is 2.10. The van der Waals surface area contributed by atoms with Gasteiger partial charge in [-0.3, -0.25) is 4.79 Å². The molecule has 44 valence electrons. The van der Waals surface area contributed by atoms with Gasteiger partial charge in [0.15, 0.2) is 0 Å². The van der Waals surface area contributed by atoms with Crippen LogP contribution in [0, 0.1) is 14.0 Å². The van der Waals surface area contributed by atoms with Crippen molar-refractivity contribution in [1.82, 2.24) is 4.90 Å². The van der Waals surface area contributed by atoms with Crippen molar-refractivity contribution >= 4 is 17.0 Å². The zero-order valence-electron chi connectivity index (χ0n) is 4.30. The van der Waals surface area contributed by atoms with Gasteiger partial charge in [-0.25, -0.2) is 0 Å². The van der Waals surface area contributed by atoms with Gasteiger partial charge < -0.3 is 4.90 Å². The normalized spacial score (nSPS) is 8.88. The van der Waals surface area contributed by atoms with Gasteiger partial charge >= 0.3 is 5.37 Å². The lowest BCUT2D eigenvalue weighted by molar-refractivity contribution is 0.237. The molecule has 0 fully saturated rings. The Kier molecular flexibility index (Phi) is 3.61. The van der Waals surface area contributed by atoms with Gasteiger partial charge in [0, 0.05) is 6.54 Å². The van der Waals surface area contributed by atoms with E-state index in [-0.39, 0.29) is 0 Å². The molecule has 0 bridgehead atoms. The predicted octanol–water partition coefficient (Wildman–Crippen LogP) is 1.42. The summed E-state index contributed by atoms with van der Waals surface area (Å²) in [7, 11) is 5.00. The third-order valence-electron chi connectivity index (χ3n) is 0.596. The van der Waals surface area contributed by atoms with Crippen LogP contribution in [-0.4, -0.2) is 16.8 Å². The molecule has 0 aliphatic carbocycles. The molecule has 0 spiro atoms. The fraction of sp³-hybridized carbons (Fsp3) is 0.400. The maximum atomic E-state index is 10.0. The number of rotatable bonds is 2. The largest absolute Gasteiger partial charge is 0.322 e. The molecule has 2 nitrogen and oxygen atoms in total. The molecule has 0 N–H and O–H groups in total. The van der Waals surface area contributed by atoms with Gasteiger partial charge in [0.1, 0.15) is 0 Å². The highest BCUT2D eigenvalue weighted by molar-refractivity contribution is 6.62. The second kappa shape index (κ2) is 3.72. The highest BCUT2D eigenvalue weighted by Crippen LogP contribution is 1.93. The summed E-state index contributed by atoms with van der Waals surface area (Å²) in [5, 5.41) is -0.685. The molecule has 0 heterocycles. The topological polar surface area (TPSA) is 20.3 Å². The number of nitrogens with zero attached hydrogens (tertiary/aromatic N) is 1. The van der Waals surface area contributed by atoms with Gasteiger partial charge in [0.2, 0.25) is 0 Å². The van der Waals surface area contributed by atoms with E-state index < -0.39 is 5.37 Å². The fourth-order valence-corrected chi connectivity index (χ4v) is 0.312. The number of hydrogen-bond acceptors (Lipinski definition) is 1. The Bertz CT molecular complexity index is 84.5. The SMILES string of the molecule is [CH]CCN([CH])C(=O)Cl. The average molecular weight is 132 g/mol. The van der Waals surface area contributed by atoms with Crippen LogP contribution in [0.4, 0.5) is 4.79 Å². The number of carbonyl (C=O) groups is 1. The second-order valence-corrected chi connectivity index (χ2v) is 1.56. The van der Waals surface area contributed by atoms with Gasteiger partial charge in [-0.1, -0.05) is 0 Å². The van der Waals surface area contributed by atoms with Crippen molar-refractivity contribution < 1.29 is 4.79 Å². The minimum absolute atomic E-state index is 0.294. The lowest BCUT2D eigenvalue weighted by Crippen LogP contribution is -2.18. The van der Waals surface area contributed by atoms with Gasteiger partial charge in [0.05, 0.1) is 7.05 Å². The molecule has 0 aromatic carbocycles. The minimum atomic E-state index is -0.685. The molecule has 0 aromatic rings. The third kappa shape index (κ3) is 2.86. The van der Waals surface area contributed by atoms with Crippen molar-refractivity contribution in [3.63, 3.8) is 0 Å². The van der Waals surface area contributed by atoms with Crippen molar-refractivity contribution in [3.05, 3.63) is 14.0 Å². The van der Waals surface area contributed by atoms with E-state index in [0.717, 1.165) is 4.90 Å². The second-order valence-electron chi connectivity index (χ2n) is 1.24. The van der Waals surface area contributed by atoms with Crippen LogP contribution in [0.25, 0.3) is 0 Å². The quantitative estimate of drug-likeness (QED) is 0.315. The van der Waals surface area contributed by atoms with E-state index >= 15 is 0 Å². The standard InChI is InChI=1S/C5H6ClNO/c1-3-4-7(2)5(6)8/h1-2H,3-4H2. The van der Waals surface area contributed by atoms with Crippen LogP contribution in [0.15, 0.2) is 0 Å². The summed E-state index contributed by atoms with van der Waals surface area (Å²) in [4.78, 5) is 10.9. The van der Waals surface area contributed by atoms with Gasteiger partial charge in [-0.05, 0) is 24.9 Å². The summed E-state index contributed by atoms with van der Waals surface area (Å²) in [6.45, 7) is 5.33. The summed E-state index contributed by atoms with van der Waals surface area (Å²) >= 11 is 4.91. The molecule has 0 atom stereocenters. The van der Waals surface area contributed by atoms with E-state index in [0.29, 0.717) is 13.0 Å². The Labute approximate surface area is 54.4 Å². The summed E-state index contributed by atoms with van der Waals surface area (Å²) < 4.78 is 0. The highest BCUT2D eigenvalue weighted by atomic mass is 35.5. The molecule has 0 unspecified atom stereocenters. The van der Waals surface area contributed by atoms with Crippen LogP contribution in [0.2, 0.25) is 0 Å². The van der Waals surface area contributed by atoms with Gasteiger partial charge in [-0.15, -0.1) is 0 Å². The Balaban J connectivity index is 3.32. The molecular weight excluding hydrogens is 126 g/mol. The zero-order chi connectivity index (χ0) is 6.57. The van der Waals surface area contributed by atoms with E-state index in [1.54, 1.807) is 0 Å². The minimum Gasteiger partial charge on any atom is -0.322 e. The smallest absolute Gasteiger partial charge is 0.316 e. The maximum absolute atomic E-state index is 10.0. The van der Waals surface area contributed by atoms with Crippen LogP contribution in [0.1, 0.15) is 6.42 Å². The monoisotopic (exact) mass is 131 g/mol. The fourth-order valence-electron chi connectivity index (χ4n) is 0.227. The van der Waals surface area contributed by atoms with Gasteiger partial charge in [-0.2, -0.15) is 0 Å². The van der Waals surface area contributed by atoms with E-state index in [1.165, 1.54) is 0 Å². The Morgan fingerprint density at radius 3 is 2.38 bits per heavy atom. The Morgan fingerprint density at radius 1 is 1.75 bits per heavy atom. The Hall–Kier alpha value is -0.240. The predicted molar refractivity (Wildman–Crippen MR) is 31.2 cm³/mol. The molecule has 1 amide bonds. The van der Waals surface area contributed by atoms with Crippen molar-refractivity contribution in [3.8, 4) is 0 Å². The molecular formula is C5H6ClNO. The van der Waals surface area contributed by atoms with Crippen LogP contribution in [-0.2, 0) is 0 Å². The molecule has 0 aliphatic heterocycles. The Morgan fingerprint density at radius 2 is 2.25 bits per heavy atom. The van der Waals surface area contributed by atoms with Crippen molar-refractivity contribution in [2.45, 2.75) is 6.42 Å². The van der Waals surface area contributed by atoms with Crippen molar-refractivity contribution in [1.29, 1.82) is 0 Å². The molecule has 0 aliphatic rings. The van der Waals surface area contributed by atoms with Crippen molar-refractivity contribution in [2.24, 2.45) is 0 Å². The van der Waals surface area contributed by atoms with Crippen molar-refractivity contribution in [2.75, 3.05) is 6.54 Å². The van der Waals surface area contributed by atoms with E-state index in [4.69, 9.17) is 25.6 Å². The lowest BCUT2D eigenvalue weighted by Gasteiger charge is -2.08. The maximum Gasteiger partial charge on any atom is 0.316 e. The molecule has 0 aromatic heterocycles. The summed E-state index contributed by atoms with van der Waals surface area (Å²) in [5.74, 6) is 0. The summed E-state index contributed by atoms with van der Waals surface area (Å²) in [5.41, 5.74) is 0. The number of amides is 1. The average Bonchev–Trinajstić information content (AvgIpc) is 1.67. The van der Waals surface area contributed by atoms with E-state index in [9.17, 15) is 4.79 Å². The van der Waals surface area contributed by atoms with Crippen LogP contribution in [0.5, 0.6) is 0 Å². The molecule has 0 rings (SSSR count).